The summed E-state index contributed by atoms with van der Waals surface area (Å²) in [6.45, 7) is 0. The summed E-state index contributed by atoms with van der Waals surface area (Å²) in [6.07, 6.45) is 9.72. The van der Waals surface area contributed by atoms with Crippen LogP contribution >= 0.6 is 0 Å². The maximum atomic E-state index is 4.90. The fourth-order valence-corrected chi connectivity index (χ4v) is 0.578. The molecule has 0 aromatic rings. The zero-order valence-electron chi connectivity index (χ0n) is 4.85. The van der Waals surface area contributed by atoms with Gasteiger partial charge in [0.15, 0.2) is 0 Å². The van der Waals surface area contributed by atoms with Crippen molar-refractivity contribution in [1.82, 2.24) is 0 Å². The van der Waals surface area contributed by atoms with E-state index in [-0.39, 0.29) is 0 Å². The number of rotatable bonds is 1. The summed E-state index contributed by atoms with van der Waals surface area (Å²) in [4.78, 5) is 0. The molecule has 0 atom stereocenters. The summed E-state index contributed by atoms with van der Waals surface area (Å²) in [5.74, 6) is 0.885. The van der Waals surface area contributed by atoms with E-state index in [9.17, 15) is 0 Å². The van der Waals surface area contributed by atoms with E-state index in [0.29, 0.717) is 0 Å². The molecule has 0 amide bonds. The van der Waals surface area contributed by atoms with Crippen molar-refractivity contribution < 1.29 is 4.74 Å². The summed E-state index contributed by atoms with van der Waals surface area (Å²) >= 11 is 0. The second-order valence-electron chi connectivity index (χ2n) is 1.56. The predicted molar refractivity (Wildman–Crippen MR) is 32.1 cm³/mol. The van der Waals surface area contributed by atoms with Crippen molar-refractivity contribution in [3.63, 3.8) is 0 Å². The maximum absolute atomic E-state index is 4.90. The Hall–Kier alpha value is -0.720. The van der Waals surface area contributed by atoms with Crippen LogP contribution in [0.5, 0.6) is 0 Å². The molecule has 2 radical (unpaired) electrons. The van der Waals surface area contributed by atoms with Crippen LogP contribution in [-0.2, 0) is 4.74 Å². The first-order valence-corrected chi connectivity index (χ1v) is 2.57. The molecule has 1 heteroatoms. The van der Waals surface area contributed by atoms with E-state index < -0.39 is 0 Å². The first-order chi connectivity index (χ1) is 3.93. The Morgan fingerprint density at radius 2 is 2.62 bits per heavy atom. The average Bonchev–Trinajstić information content (AvgIpc) is 1.90. The first-order valence-electron chi connectivity index (χ1n) is 2.57. The number of allylic oxidation sites excluding steroid dienone is 3. The Kier molecular flexibility index (Phi) is 1.73. The van der Waals surface area contributed by atoms with Crippen LogP contribution in [-0.4, -0.2) is 7.11 Å². The van der Waals surface area contributed by atoms with Crippen molar-refractivity contribution >= 4 is 0 Å². The number of hydrogen-bond donors (Lipinski definition) is 0. The molecule has 1 aliphatic rings. The first kappa shape index (κ1) is 5.42. The molecule has 1 rings (SSSR count). The molecule has 8 heavy (non-hydrogen) atoms. The van der Waals surface area contributed by atoms with Gasteiger partial charge in [0.2, 0.25) is 0 Å². The molecular formula is C7H8O. The van der Waals surface area contributed by atoms with E-state index in [1.807, 2.05) is 18.2 Å². The molecule has 0 saturated heterocycles. The molecule has 0 aliphatic heterocycles. The molecule has 0 aromatic carbocycles. The highest BCUT2D eigenvalue weighted by Gasteiger charge is 1.93. The second kappa shape index (κ2) is 2.55. The van der Waals surface area contributed by atoms with Gasteiger partial charge in [0.25, 0.3) is 0 Å². The second-order valence-corrected chi connectivity index (χ2v) is 1.56. The van der Waals surface area contributed by atoms with Crippen molar-refractivity contribution in [3.05, 3.63) is 30.4 Å². The fraction of sp³-hybridized carbons (Fsp3) is 0.286. The SMILES string of the molecule is COC1=C[C]CC=C1. The van der Waals surface area contributed by atoms with E-state index >= 15 is 0 Å². The Labute approximate surface area is 49.7 Å². The van der Waals surface area contributed by atoms with E-state index in [2.05, 4.69) is 6.42 Å². The van der Waals surface area contributed by atoms with Gasteiger partial charge in [0, 0.05) is 6.42 Å². The van der Waals surface area contributed by atoms with Crippen molar-refractivity contribution in [1.29, 1.82) is 0 Å². The van der Waals surface area contributed by atoms with Gasteiger partial charge in [-0.2, -0.15) is 0 Å². The Bertz CT molecular complexity index is 122. The zero-order valence-corrected chi connectivity index (χ0v) is 4.85. The molecule has 0 heterocycles. The molecule has 1 nitrogen and oxygen atoms in total. The third kappa shape index (κ3) is 1.12. The van der Waals surface area contributed by atoms with Gasteiger partial charge in [0.05, 0.1) is 7.11 Å². The minimum atomic E-state index is 0.885. The molecule has 0 spiro atoms. The van der Waals surface area contributed by atoms with Crippen LogP contribution in [0.2, 0.25) is 0 Å². The fourth-order valence-electron chi connectivity index (χ4n) is 0.578. The van der Waals surface area contributed by atoms with Crippen LogP contribution in [0.3, 0.4) is 0 Å². The lowest BCUT2D eigenvalue weighted by molar-refractivity contribution is 0.305. The molecule has 0 saturated carbocycles. The summed E-state index contributed by atoms with van der Waals surface area (Å²) < 4.78 is 4.90. The van der Waals surface area contributed by atoms with E-state index in [4.69, 9.17) is 4.74 Å². The lowest BCUT2D eigenvalue weighted by Gasteiger charge is -2.02. The Morgan fingerprint density at radius 1 is 1.75 bits per heavy atom. The van der Waals surface area contributed by atoms with Crippen LogP contribution < -0.4 is 0 Å². The van der Waals surface area contributed by atoms with Crippen molar-refractivity contribution in [2.45, 2.75) is 6.42 Å². The predicted octanol–water partition coefficient (Wildman–Crippen LogP) is 1.56. The summed E-state index contributed by atoms with van der Waals surface area (Å²) in [5.41, 5.74) is 0. The molecule has 0 unspecified atom stereocenters. The van der Waals surface area contributed by atoms with Crippen LogP contribution in [0.4, 0.5) is 0 Å². The minimum absolute atomic E-state index is 0.885. The summed E-state index contributed by atoms with van der Waals surface area (Å²) in [5, 5.41) is 0. The van der Waals surface area contributed by atoms with Crippen molar-refractivity contribution in [3.8, 4) is 0 Å². The molecule has 0 bridgehead atoms. The smallest absolute Gasteiger partial charge is 0.115 e. The van der Waals surface area contributed by atoms with Gasteiger partial charge in [-0.1, -0.05) is 6.08 Å². The van der Waals surface area contributed by atoms with Gasteiger partial charge in [-0.15, -0.1) is 0 Å². The largest absolute Gasteiger partial charge is 0.497 e. The topological polar surface area (TPSA) is 9.23 Å². The number of ether oxygens (including phenoxy) is 1. The van der Waals surface area contributed by atoms with Crippen LogP contribution in [0.15, 0.2) is 24.0 Å². The van der Waals surface area contributed by atoms with Crippen LogP contribution in [0.1, 0.15) is 6.42 Å². The lowest BCUT2D eigenvalue weighted by Crippen LogP contribution is -1.86. The monoisotopic (exact) mass is 108 g/mol. The maximum Gasteiger partial charge on any atom is 0.115 e. The molecule has 0 fully saturated rings. The summed E-state index contributed by atoms with van der Waals surface area (Å²) in [6, 6.07) is 0. The Morgan fingerprint density at radius 3 is 3.00 bits per heavy atom. The standard InChI is InChI=1S/C7H8O/c1-8-7-5-3-2-4-6-7/h3,5-6H,2H2,1H3. The van der Waals surface area contributed by atoms with Crippen molar-refractivity contribution in [2.24, 2.45) is 0 Å². The zero-order chi connectivity index (χ0) is 5.82. The highest BCUT2D eigenvalue weighted by Crippen LogP contribution is 2.07. The average molecular weight is 108 g/mol. The number of hydrogen-bond acceptors (Lipinski definition) is 1. The van der Waals surface area contributed by atoms with Crippen LogP contribution in [0.25, 0.3) is 0 Å². The van der Waals surface area contributed by atoms with Gasteiger partial charge in [-0.3, -0.25) is 0 Å². The highest BCUT2D eigenvalue weighted by molar-refractivity contribution is 5.21. The molecule has 0 N–H and O–H groups in total. The van der Waals surface area contributed by atoms with Crippen molar-refractivity contribution in [2.75, 3.05) is 7.11 Å². The third-order valence-corrected chi connectivity index (χ3v) is 0.998. The van der Waals surface area contributed by atoms with E-state index in [1.54, 1.807) is 7.11 Å². The number of methoxy groups -OCH3 is 1. The minimum Gasteiger partial charge on any atom is -0.497 e. The lowest BCUT2D eigenvalue weighted by atomic mass is 10.2. The molecule has 0 aromatic heterocycles. The van der Waals surface area contributed by atoms with Gasteiger partial charge in [0.1, 0.15) is 5.76 Å². The van der Waals surface area contributed by atoms with Gasteiger partial charge in [-0.05, 0) is 18.6 Å². The summed E-state index contributed by atoms with van der Waals surface area (Å²) in [7, 11) is 1.66. The van der Waals surface area contributed by atoms with E-state index in [1.165, 1.54) is 0 Å². The molecular weight excluding hydrogens is 100 g/mol. The quantitative estimate of drug-likeness (QED) is 0.495. The van der Waals surface area contributed by atoms with Gasteiger partial charge < -0.3 is 4.74 Å². The van der Waals surface area contributed by atoms with Gasteiger partial charge in [-0.25, -0.2) is 0 Å². The van der Waals surface area contributed by atoms with Gasteiger partial charge >= 0.3 is 0 Å². The molecule has 42 valence electrons. The van der Waals surface area contributed by atoms with Crippen LogP contribution in [0, 0.1) is 6.42 Å². The third-order valence-electron chi connectivity index (χ3n) is 0.998. The molecule has 1 aliphatic carbocycles. The Balaban J connectivity index is 2.51. The van der Waals surface area contributed by atoms with E-state index in [0.717, 1.165) is 12.2 Å². The highest BCUT2D eigenvalue weighted by atomic mass is 16.5. The normalized spacial score (nSPS) is 17.9.